The first-order chi connectivity index (χ1) is 13.9. The van der Waals surface area contributed by atoms with E-state index in [1.54, 1.807) is 24.3 Å². The van der Waals surface area contributed by atoms with Crippen molar-refractivity contribution in [2.45, 2.75) is 31.3 Å². The first-order valence-corrected chi connectivity index (χ1v) is 10.8. The number of halogens is 2. The van der Waals surface area contributed by atoms with Gasteiger partial charge >= 0.3 is 0 Å². The summed E-state index contributed by atoms with van der Waals surface area (Å²) in [5.41, 5.74) is 7.07. The Kier molecular flexibility index (Phi) is 11.8. The summed E-state index contributed by atoms with van der Waals surface area (Å²) in [6.07, 6.45) is 0.814. The fourth-order valence-corrected chi connectivity index (χ4v) is 3.57. The minimum atomic E-state index is -3.74. The average Bonchev–Trinajstić information content (AvgIpc) is 2.71. The number of hydrogen-bond donors (Lipinski definition) is 3. The molecule has 0 aromatic heterocycles. The number of nitrogens with two attached hydrogens (primary N) is 1. The van der Waals surface area contributed by atoms with Gasteiger partial charge < -0.3 is 15.8 Å². The summed E-state index contributed by atoms with van der Waals surface area (Å²) in [5, 5.41) is 2.99. The first-order valence-electron chi connectivity index (χ1n) is 9.35. The van der Waals surface area contributed by atoms with Crippen LogP contribution in [0, 0.1) is 5.82 Å². The summed E-state index contributed by atoms with van der Waals surface area (Å²) in [6, 6.07) is 12.2. The molecule has 2 aromatic rings. The number of rotatable bonds is 11. The molecule has 0 radical (unpaired) electrons. The zero-order valence-electron chi connectivity index (χ0n) is 16.8. The molecule has 0 fully saturated rings. The van der Waals surface area contributed by atoms with E-state index in [4.69, 9.17) is 10.5 Å². The molecule has 7 nitrogen and oxygen atoms in total. The molecule has 166 valence electrons. The number of benzene rings is 2. The van der Waals surface area contributed by atoms with Crippen molar-refractivity contribution in [1.29, 1.82) is 0 Å². The largest absolute Gasteiger partial charge is 0.382 e. The molecule has 2 aromatic carbocycles. The van der Waals surface area contributed by atoms with Gasteiger partial charge in [0, 0.05) is 26.3 Å². The van der Waals surface area contributed by atoms with E-state index in [0.29, 0.717) is 36.8 Å². The number of guanidine groups is 1. The van der Waals surface area contributed by atoms with Crippen molar-refractivity contribution in [3.8, 4) is 0 Å². The second-order valence-corrected chi connectivity index (χ2v) is 8.05. The molecule has 0 aliphatic heterocycles. The van der Waals surface area contributed by atoms with Crippen LogP contribution >= 0.6 is 24.0 Å². The van der Waals surface area contributed by atoms with Gasteiger partial charge in [0.25, 0.3) is 0 Å². The van der Waals surface area contributed by atoms with Crippen molar-refractivity contribution in [3.05, 3.63) is 65.5 Å². The van der Waals surface area contributed by atoms with Crippen LogP contribution in [-0.4, -0.2) is 34.1 Å². The minimum absolute atomic E-state index is 0. The van der Waals surface area contributed by atoms with E-state index in [1.165, 1.54) is 24.3 Å². The SMILES string of the molecule is CCOCCCNC(N)=NCc1cccc(S(=O)(=O)NCc2cccc(F)c2)c1.I. The molecule has 0 amide bonds. The van der Waals surface area contributed by atoms with Gasteiger partial charge in [-0.25, -0.2) is 22.5 Å². The van der Waals surface area contributed by atoms with Crippen LogP contribution in [0.15, 0.2) is 58.4 Å². The third kappa shape index (κ3) is 9.37. The van der Waals surface area contributed by atoms with Crippen LogP contribution in [0.2, 0.25) is 0 Å². The lowest BCUT2D eigenvalue weighted by Gasteiger charge is -2.09. The monoisotopic (exact) mass is 550 g/mol. The maximum Gasteiger partial charge on any atom is 0.240 e. The number of hydrogen-bond acceptors (Lipinski definition) is 4. The van der Waals surface area contributed by atoms with Gasteiger partial charge in [-0.05, 0) is 48.7 Å². The second kappa shape index (κ2) is 13.5. The topological polar surface area (TPSA) is 106 Å². The number of sulfonamides is 1. The fourth-order valence-electron chi connectivity index (χ4n) is 2.49. The van der Waals surface area contributed by atoms with E-state index in [0.717, 1.165) is 6.42 Å². The Morgan fingerprint density at radius 2 is 1.90 bits per heavy atom. The van der Waals surface area contributed by atoms with Gasteiger partial charge in [-0.1, -0.05) is 24.3 Å². The molecule has 0 spiro atoms. The van der Waals surface area contributed by atoms with Gasteiger partial charge in [0.2, 0.25) is 10.0 Å². The summed E-state index contributed by atoms with van der Waals surface area (Å²) < 4.78 is 46.0. The van der Waals surface area contributed by atoms with Crippen molar-refractivity contribution in [3.63, 3.8) is 0 Å². The molecule has 0 atom stereocenters. The van der Waals surface area contributed by atoms with E-state index in [1.807, 2.05) is 6.92 Å². The summed E-state index contributed by atoms with van der Waals surface area (Å²) in [6.45, 7) is 4.17. The summed E-state index contributed by atoms with van der Waals surface area (Å²) in [7, 11) is -3.74. The zero-order valence-corrected chi connectivity index (χ0v) is 20.0. The van der Waals surface area contributed by atoms with Crippen molar-refractivity contribution in [1.82, 2.24) is 10.0 Å². The molecule has 0 unspecified atom stereocenters. The van der Waals surface area contributed by atoms with Gasteiger partial charge in [-0.15, -0.1) is 24.0 Å². The molecule has 0 bridgehead atoms. The van der Waals surface area contributed by atoms with Crippen molar-refractivity contribution >= 4 is 40.0 Å². The molecular formula is C20H28FIN4O3S. The van der Waals surface area contributed by atoms with Gasteiger partial charge in [0.1, 0.15) is 5.82 Å². The minimum Gasteiger partial charge on any atom is -0.382 e. The maximum atomic E-state index is 13.2. The number of nitrogens with zero attached hydrogens (tertiary/aromatic N) is 1. The lowest BCUT2D eigenvalue weighted by atomic mass is 10.2. The van der Waals surface area contributed by atoms with Gasteiger partial charge in [-0.2, -0.15) is 0 Å². The lowest BCUT2D eigenvalue weighted by molar-refractivity contribution is 0.145. The third-order valence-electron chi connectivity index (χ3n) is 3.97. The molecular weight excluding hydrogens is 522 g/mol. The summed E-state index contributed by atoms with van der Waals surface area (Å²) in [5.74, 6) is -0.121. The third-order valence-corrected chi connectivity index (χ3v) is 5.37. The quantitative estimate of drug-likeness (QED) is 0.173. The van der Waals surface area contributed by atoms with E-state index in [2.05, 4.69) is 15.0 Å². The van der Waals surface area contributed by atoms with E-state index in [-0.39, 0.29) is 42.0 Å². The Balaban J connectivity index is 0.00000450. The van der Waals surface area contributed by atoms with Crippen LogP contribution in [-0.2, 0) is 27.8 Å². The molecule has 2 rings (SSSR count). The summed E-state index contributed by atoms with van der Waals surface area (Å²) >= 11 is 0. The molecule has 0 saturated heterocycles. The molecule has 4 N–H and O–H groups in total. The number of ether oxygens (including phenoxy) is 1. The lowest BCUT2D eigenvalue weighted by Crippen LogP contribution is -2.32. The predicted molar refractivity (Wildman–Crippen MR) is 127 cm³/mol. The van der Waals surface area contributed by atoms with Crippen LogP contribution in [0.25, 0.3) is 0 Å². The smallest absolute Gasteiger partial charge is 0.240 e. The maximum absolute atomic E-state index is 13.2. The Bertz CT molecular complexity index is 926. The standard InChI is InChI=1S/C20H27FN4O3S.HI/c1-2-28-11-5-10-23-20(22)24-14-17-7-4-9-19(13-17)29(26,27)25-15-16-6-3-8-18(21)12-16;/h3-4,6-9,12-13,25H,2,5,10-11,14-15H2,1H3,(H3,22,23,24);1H. The fraction of sp³-hybridized carbons (Fsp3) is 0.350. The Morgan fingerprint density at radius 3 is 2.63 bits per heavy atom. The van der Waals surface area contributed by atoms with Crippen LogP contribution in [0.4, 0.5) is 4.39 Å². The van der Waals surface area contributed by atoms with Crippen LogP contribution in [0.1, 0.15) is 24.5 Å². The molecule has 0 saturated carbocycles. The number of aliphatic imine (C=N–C) groups is 1. The molecule has 0 aliphatic rings. The van der Waals surface area contributed by atoms with Gasteiger partial charge in [0.15, 0.2) is 5.96 Å². The highest BCUT2D eigenvalue weighted by molar-refractivity contribution is 14.0. The Labute approximate surface area is 194 Å². The van der Waals surface area contributed by atoms with Gasteiger partial charge in [-0.3, -0.25) is 0 Å². The Hall–Kier alpha value is -1.76. The second-order valence-electron chi connectivity index (χ2n) is 6.28. The highest BCUT2D eigenvalue weighted by Crippen LogP contribution is 2.13. The molecule has 0 aliphatic carbocycles. The molecule has 30 heavy (non-hydrogen) atoms. The summed E-state index contributed by atoms with van der Waals surface area (Å²) in [4.78, 5) is 4.34. The normalized spacial score (nSPS) is 11.7. The van der Waals surface area contributed by atoms with Gasteiger partial charge in [0.05, 0.1) is 11.4 Å². The molecule has 10 heteroatoms. The number of nitrogens with one attached hydrogen (secondary N) is 2. The predicted octanol–water partition coefficient (Wildman–Crippen LogP) is 2.75. The van der Waals surface area contributed by atoms with Crippen LogP contribution < -0.4 is 15.8 Å². The highest BCUT2D eigenvalue weighted by atomic mass is 127. The van der Waals surface area contributed by atoms with Crippen LogP contribution in [0.3, 0.4) is 0 Å². The van der Waals surface area contributed by atoms with Crippen molar-refractivity contribution in [2.75, 3.05) is 19.8 Å². The van der Waals surface area contributed by atoms with Crippen LogP contribution in [0.5, 0.6) is 0 Å². The Morgan fingerprint density at radius 1 is 1.17 bits per heavy atom. The van der Waals surface area contributed by atoms with E-state index >= 15 is 0 Å². The van der Waals surface area contributed by atoms with Crippen molar-refractivity contribution in [2.24, 2.45) is 10.7 Å². The average molecular weight is 550 g/mol. The zero-order chi connectivity index (χ0) is 21.1. The van der Waals surface area contributed by atoms with E-state index < -0.39 is 15.8 Å². The van der Waals surface area contributed by atoms with E-state index in [9.17, 15) is 12.8 Å². The highest BCUT2D eigenvalue weighted by Gasteiger charge is 2.14. The van der Waals surface area contributed by atoms with Crippen molar-refractivity contribution < 1.29 is 17.5 Å². The molecule has 0 heterocycles. The first kappa shape index (κ1) is 26.3.